The largest absolute Gasteiger partial charge is 0.309 e. The lowest BCUT2D eigenvalue weighted by atomic mass is 9.85. The van der Waals surface area contributed by atoms with Crippen LogP contribution in [0.15, 0.2) is 534 Å². The van der Waals surface area contributed by atoms with E-state index in [0.29, 0.717) is 0 Å². The molecule has 4 heteroatoms. The summed E-state index contributed by atoms with van der Waals surface area (Å²) in [5, 5.41) is 23.7. The molecule has 25 aromatic carbocycles. The Bertz CT molecular complexity index is 8130. The second kappa shape index (κ2) is 35.4. The fourth-order valence-corrected chi connectivity index (χ4v) is 21.3. The van der Waals surface area contributed by atoms with E-state index in [9.17, 15) is 0 Å². The molecular weight excluding hydrogens is 1670 g/mol. The van der Waals surface area contributed by atoms with E-state index in [1.807, 2.05) is 0 Å². The summed E-state index contributed by atoms with van der Waals surface area (Å²) in [7, 11) is 0. The molecule has 0 aliphatic rings. The smallest absolute Gasteiger partial charge is 0.0540 e. The molecule has 4 nitrogen and oxygen atoms in total. The van der Waals surface area contributed by atoms with Gasteiger partial charge in [-0.3, -0.25) is 0 Å². The maximum absolute atomic E-state index is 2.44. The normalized spacial score (nSPS) is 11.9. The molecular formula is C134H90N4. The van der Waals surface area contributed by atoms with Crippen molar-refractivity contribution in [2.24, 2.45) is 0 Å². The first-order chi connectivity index (χ1) is 68.5. The summed E-state index contributed by atoms with van der Waals surface area (Å²) < 4.78 is 0. The maximum Gasteiger partial charge on any atom is 0.0540 e. The van der Waals surface area contributed by atoms with Gasteiger partial charge in [0, 0.05) is 65.8 Å². The third kappa shape index (κ3) is 15.0. The SMILES string of the molecule is C(=C(c1ccc(-c2c3ccccc3c(-c3ccc(C(=Cc4ccc(N(c5cccc6ccccc56)c5cccc6ccccc56)cc4)c4ccc(N(c5cccc6ccccc56)c5cccc6ccccc56)cc4)cc3)c3ccccc23)cc1)c1ccc(N(c2cccc3ccccc23)c2cccc3ccccc23)cc1)c1ccc(N(c2cccc3ccccc23)c2cccc3ccccc23)cc1. The van der Waals surface area contributed by atoms with E-state index >= 15 is 0 Å². The van der Waals surface area contributed by atoms with Crippen molar-refractivity contribution in [3.8, 4) is 22.3 Å². The van der Waals surface area contributed by atoms with Crippen LogP contribution >= 0.6 is 0 Å². The molecule has 0 fully saturated rings. The van der Waals surface area contributed by atoms with E-state index in [-0.39, 0.29) is 0 Å². The highest BCUT2D eigenvalue weighted by Gasteiger charge is 2.26. The highest BCUT2D eigenvalue weighted by molar-refractivity contribution is 6.22. The topological polar surface area (TPSA) is 13.0 Å². The molecule has 0 spiro atoms. The standard InChI is InChI=1S/C134H90N4/c1-9-45-111-93(29-1)37-21-57-125(111)135(126-58-22-38-94-30-2-10-46-112(94)126)107-81-65-91(66-82-107)89-123(103-77-85-109(86-78-103)137(129-61-25-41-97-33-5-13-49-115(97)129)130-62-26-42-98-34-6-14-50-116(98)130)101-69-73-105(74-70-101)133-119-53-17-19-55-121(119)134(122-56-20-18-54-120(122)133)106-75-71-102(72-76-106)124(104-79-87-110(88-80-104)138(131-63-27-43-99-35-7-15-51-117(99)131)132-64-28-44-100-36-8-16-52-118(100)132)90-92-67-83-108(84-68-92)136(127-59-23-39-95-31-3-11-47-113(95)127)128-60-24-40-96-32-4-12-48-114(96)128/h1-90H. The summed E-state index contributed by atoms with van der Waals surface area (Å²) in [4.78, 5) is 9.75. The third-order valence-corrected chi connectivity index (χ3v) is 27.8. The van der Waals surface area contributed by atoms with Crippen molar-refractivity contribution >= 4 is 199 Å². The van der Waals surface area contributed by atoms with Crippen LogP contribution < -0.4 is 19.6 Å². The summed E-state index contributed by atoms with van der Waals surface area (Å²) in [5.41, 5.74) is 26.6. The number of fused-ring (bicyclic) bond motifs is 10. The van der Waals surface area contributed by atoms with E-state index in [4.69, 9.17) is 0 Å². The number of anilines is 12. The number of rotatable bonds is 20. The predicted octanol–water partition coefficient (Wildman–Crippen LogP) is 37.6. The van der Waals surface area contributed by atoms with Gasteiger partial charge in [-0.15, -0.1) is 0 Å². The Hall–Kier alpha value is -18.2. The lowest BCUT2D eigenvalue weighted by molar-refractivity contribution is 1.31. The molecule has 0 saturated carbocycles. The van der Waals surface area contributed by atoms with E-state index in [2.05, 4.69) is 566 Å². The Labute approximate surface area is 802 Å². The first-order valence-electron chi connectivity index (χ1n) is 47.5. The minimum atomic E-state index is 1.06. The molecule has 0 saturated heterocycles. The molecule has 25 aromatic rings. The zero-order chi connectivity index (χ0) is 91.4. The summed E-state index contributed by atoms with van der Waals surface area (Å²) in [6, 6.07) is 197. The van der Waals surface area contributed by atoms with Crippen LogP contribution in [0.3, 0.4) is 0 Å². The molecule has 0 aromatic heterocycles. The third-order valence-electron chi connectivity index (χ3n) is 27.8. The van der Waals surface area contributed by atoms with Crippen molar-refractivity contribution in [1.82, 2.24) is 0 Å². The van der Waals surface area contributed by atoms with E-state index in [1.165, 1.54) is 119 Å². The van der Waals surface area contributed by atoms with Gasteiger partial charge in [0.15, 0.2) is 0 Å². The Morgan fingerprint density at radius 2 is 0.283 bits per heavy atom. The van der Waals surface area contributed by atoms with Crippen LogP contribution in [0.5, 0.6) is 0 Å². The summed E-state index contributed by atoms with van der Waals surface area (Å²) >= 11 is 0. The number of benzene rings is 25. The van der Waals surface area contributed by atoms with Gasteiger partial charge in [0.1, 0.15) is 0 Å². The zero-order valence-electron chi connectivity index (χ0n) is 75.8. The minimum Gasteiger partial charge on any atom is -0.309 e. The van der Waals surface area contributed by atoms with Crippen LogP contribution in [-0.2, 0) is 0 Å². The fourth-order valence-electron chi connectivity index (χ4n) is 21.3. The van der Waals surface area contributed by atoms with Gasteiger partial charge < -0.3 is 19.6 Å². The van der Waals surface area contributed by atoms with Crippen molar-refractivity contribution in [1.29, 1.82) is 0 Å². The van der Waals surface area contributed by atoms with E-state index in [1.54, 1.807) is 0 Å². The van der Waals surface area contributed by atoms with Crippen molar-refractivity contribution in [2.75, 3.05) is 19.6 Å². The Morgan fingerprint density at radius 1 is 0.130 bits per heavy atom. The summed E-state index contributed by atoms with van der Waals surface area (Å²) in [6.07, 6.45) is 4.75. The molecule has 0 aliphatic heterocycles. The van der Waals surface area contributed by atoms with Crippen LogP contribution in [0.4, 0.5) is 68.2 Å². The van der Waals surface area contributed by atoms with Gasteiger partial charge in [0.05, 0.1) is 45.5 Å². The molecule has 0 radical (unpaired) electrons. The quantitative estimate of drug-likeness (QED) is 0.0557. The second-order valence-electron chi connectivity index (χ2n) is 35.7. The number of nitrogens with zero attached hydrogens (tertiary/aromatic N) is 4. The average molecular weight is 1760 g/mol. The summed E-state index contributed by atoms with van der Waals surface area (Å²) in [6.45, 7) is 0. The van der Waals surface area contributed by atoms with Gasteiger partial charge in [-0.25, -0.2) is 0 Å². The first kappa shape index (κ1) is 81.7. The number of hydrogen-bond donors (Lipinski definition) is 0. The lowest BCUT2D eigenvalue weighted by Crippen LogP contribution is -2.11. The molecule has 0 heterocycles. The molecule has 138 heavy (non-hydrogen) atoms. The van der Waals surface area contributed by atoms with Gasteiger partial charge >= 0.3 is 0 Å². The molecule has 0 bridgehead atoms. The molecule has 0 N–H and O–H groups in total. The second-order valence-corrected chi connectivity index (χ2v) is 35.7. The Morgan fingerprint density at radius 3 is 0.471 bits per heavy atom. The maximum atomic E-state index is 2.44. The molecule has 0 amide bonds. The molecule has 25 rings (SSSR count). The first-order valence-corrected chi connectivity index (χ1v) is 47.5. The van der Waals surface area contributed by atoms with Crippen LogP contribution in [0, 0.1) is 0 Å². The highest BCUT2D eigenvalue weighted by Crippen LogP contribution is 2.51. The zero-order valence-corrected chi connectivity index (χ0v) is 75.8. The van der Waals surface area contributed by atoms with Gasteiger partial charge in [-0.2, -0.15) is 0 Å². The van der Waals surface area contributed by atoms with Gasteiger partial charge in [0.2, 0.25) is 0 Å². The van der Waals surface area contributed by atoms with Crippen LogP contribution in [-0.4, -0.2) is 0 Å². The lowest BCUT2D eigenvalue weighted by Gasteiger charge is -2.28. The molecule has 0 unspecified atom stereocenters. The minimum absolute atomic E-state index is 1.06. The Balaban J connectivity index is 0.607. The van der Waals surface area contributed by atoms with Crippen molar-refractivity contribution in [3.05, 3.63) is 567 Å². The van der Waals surface area contributed by atoms with Gasteiger partial charge in [-0.05, 0) is 241 Å². The van der Waals surface area contributed by atoms with E-state index in [0.717, 1.165) is 124 Å². The van der Waals surface area contributed by atoms with Gasteiger partial charge in [0.25, 0.3) is 0 Å². The predicted molar refractivity (Wildman–Crippen MR) is 591 cm³/mol. The van der Waals surface area contributed by atoms with Crippen molar-refractivity contribution in [2.45, 2.75) is 0 Å². The Kier molecular flexibility index (Phi) is 21.0. The average Bonchev–Trinajstić information content (AvgIpc) is 0.730. The van der Waals surface area contributed by atoms with Crippen LogP contribution in [0.1, 0.15) is 33.4 Å². The van der Waals surface area contributed by atoms with Gasteiger partial charge in [-0.1, -0.05) is 437 Å². The monoisotopic (exact) mass is 1750 g/mol. The van der Waals surface area contributed by atoms with Crippen molar-refractivity contribution in [3.63, 3.8) is 0 Å². The van der Waals surface area contributed by atoms with Crippen molar-refractivity contribution < 1.29 is 0 Å². The molecule has 0 aliphatic carbocycles. The molecule has 646 valence electrons. The fraction of sp³-hybridized carbons (Fsp3) is 0. The number of hydrogen-bond acceptors (Lipinski definition) is 4. The summed E-state index contributed by atoms with van der Waals surface area (Å²) in [5.74, 6) is 0. The van der Waals surface area contributed by atoms with Crippen LogP contribution in [0.25, 0.3) is 153 Å². The van der Waals surface area contributed by atoms with Crippen LogP contribution in [0.2, 0.25) is 0 Å². The van der Waals surface area contributed by atoms with E-state index < -0.39 is 0 Å². The highest BCUT2D eigenvalue weighted by atomic mass is 15.2. The molecule has 0 atom stereocenters.